The van der Waals surface area contributed by atoms with Crippen molar-refractivity contribution >= 4 is 10.9 Å². The van der Waals surface area contributed by atoms with Gasteiger partial charge in [-0.1, -0.05) is 0 Å². The van der Waals surface area contributed by atoms with Crippen LogP contribution in [0.25, 0.3) is 10.9 Å². The maximum Gasteiger partial charge on any atom is 0.125 e. The van der Waals surface area contributed by atoms with E-state index < -0.39 is 0 Å². The van der Waals surface area contributed by atoms with Crippen molar-refractivity contribution in [1.82, 2.24) is 19.4 Å². The van der Waals surface area contributed by atoms with Gasteiger partial charge in [-0.3, -0.25) is 0 Å². The lowest BCUT2D eigenvalue weighted by atomic mass is 9.89. The number of likely N-dealkylation sites (tertiary alicyclic amines) is 1. The highest BCUT2D eigenvalue weighted by Crippen LogP contribution is 2.33. The Hall–Kier alpha value is -2.14. The van der Waals surface area contributed by atoms with Gasteiger partial charge in [-0.15, -0.1) is 0 Å². The van der Waals surface area contributed by atoms with Crippen LogP contribution in [-0.4, -0.2) is 39.1 Å². The summed E-state index contributed by atoms with van der Waals surface area (Å²) < 4.78 is 15.4. The average Bonchev–Trinajstić information content (AvgIpc) is 3.22. The number of halogens is 1. The summed E-state index contributed by atoms with van der Waals surface area (Å²) in [6, 6.07) is 5.04. The number of nitrogens with one attached hydrogen (secondary N) is 1. The fourth-order valence-corrected chi connectivity index (χ4v) is 3.60. The molecule has 1 fully saturated rings. The van der Waals surface area contributed by atoms with E-state index in [9.17, 15) is 4.39 Å². The van der Waals surface area contributed by atoms with Crippen molar-refractivity contribution in [2.75, 3.05) is 19.6 Å². The Bertz CT molecular complexity index is 770. The monoisotopic (exact) mass is 312 g/mol. The molecule has 1 aliphatic heterocycles. The first-order valence-electron chi connectivity index (χ1n) is 8.24. The van der Waals surface area contributed by atoms with Crippen LogP contribution in [0.2, 0.25) is 0 Å². The molecule has 1 aromatic carbocycles. The molecular weight excluding hydrogens is 291 g/mol. The van der Waals surface area contributed by atoms with Gasteiger partial charge in [0, 0.05) is 42.6 Å². The predicted octanol–water partition coefficient (Wildman–Crippen LogP) is 3.38. The number of hydrogen-bond acceptors (Lipinski definition) is 2. The zero-order valence-electron chi connectivity index (χ0n) is 13.1. The molecule has 1 N–H and O–H groups in total. The van der Waals surface area contributed by atoms with Gasteiger partial charge in [-0.25, -0.2) is 9.37 Å². The van der Waals surface area contributed by atoms with Crippen molar-refractivity contribution in [3.8, 4) is 0 Å². The maximum absolute atomic E-state index is 13.3. The summed E-state index contributed by atoms with van der Waals surface area (Å²) in [6.07, 6.45) is 10.1. The Kier molecular flexibility index (Phi) is 3.87. The number of piperidine rings is 1. The summed E-state index contributed by atoms with van der Waals surface area (Å²) in [5, 5.41) is 1.17. The molecular formula is C18H21FN4. The van der Waals surface area contributed by atoms with E-state index in [0.717, 1.165) is 44.5 Å². The van der Waals surface area contributed by atoms with Crippen LogP contribution in [0.4, 0.5) is 4.39 Å². The number of hydrogen-bond donors (Lipinski definition) is 1. The van der Waals surface area contributed by atoms with Crippen LogP contribution < -0.4 is 0 Å². The van der Waals surface area contributed by atoms with Crippen LogP contribution in [-0.2, 0) is 6.54 Å². The van der Waals surface area contributed by atoms with E-state index in [1.165, 1.54) is 10.9 Å². The van der Waals surface area contributed by atoms with Crippen molar-refractivity contribution in [3.63, 3.8) is 0 Å². The summed E-state index contributed by atoms with van der Waals surface area (Å²) in [5.74, 6) is 0.388. The van der Waals surface area contributed by atoms with Crippen LogP contribution in [0, 0.1) is 5.82 Å². The molecule has 23 heavy (non-hydrogen) atoms. The van der Waals surface area contributed by atoms with Gasteiger partial charge in [0.05, 0.1) is 6.33 Å². The second-order valence-corrected chi connectivity index (χ2v) is 6.35. The predicted molar refractivity (Wildman–Crippen MR) is 88.9 cm³/mol. The standard InChI is InChI=1S/C18H21FN4/c19-15-1-2-16-17(12-21-18(16)11-15)14-3-6-22(7-4-14)9-10-23-8-5-20-13-23/h1-2,5,8,11-14,21H,3-4,6-7,9-10H2. The largest absolute Gasteiger partial charge is 0.361 e. The van der Waals surface area contributed by atoms with Crippen LogP contribution in [0.3, 0.4) is 0 Å². The van der Waals surface area contributed by atoms with Crippen molar-refractivity contribution in [2.45, 2.75) is 25.3 Å². The van der Waals surface area contributed by atoms with Crippen molar-refractivity contribution in [1.29, 1.82) is 0 Å². The van der Waals surface area contributed by atoms with Gasteiger partial charge in [0.2, 0.25) is 0 Å². The lowest BCUT2D eigenvalue weighted by Crippen LogP contribution is -2.35. The molecule has 1 aliphatic rings. The minimum absolute atomic E-state index is 0.180. The Morgan fingerprint density at radius 3 is 2.87 bits per heavy atom. The number of fused-ring (bicyclic) bond motifs is 1. The van der Waals surface area contributed by atoms with E-state index in [4.69, 9.17) is 0 Å². The van der Waals surface area contributed by atoms with Crippen molar-refractivity contribution < 1.29 is 4.39 Å². The SMILES string of the molecule is Fc1ccc2c(C3CCN(CCn4ccnc4)CC3)c[nH]c2c1. The van der Waals surface area contributed by atoms with Crippen LogP contribution in [0.5, 0.6) is 0 Å². The Morgan fingerprint density at radius 1 is 1.22 bits per heavy atom. The lowest BCUT2D eigenvalue weighted by molar-refractivity contribution is 0.205. The molecule has 5 heteroatoms. The van der Waals surface area contributed by atoms with Gasteiger partial charge in [-0.2, -0.15) is 0 Å². The third-order valence-electron chi connectivity index (χ3n) is 4.94. The number of aromatic nitrogens is 3. The Labute approximate surface area is 134 Å². The molecule has 4 nitrogen and oxygen atoms in total. The number of aromatic amines is 1. The highest BCUT2D eigenvalue weighted by Gasteiger charge is 2.22. The maximum atomic E-state index is 13.3. The normalized spacial score (nSPS) is 17.1. The van der Waals surface area contributed by atoms with Gasteiger partial charge in [0.15, 0.2) is 0 Å². The van der Waals surface area contributed by atoms with Gasteiger partial charge in [-0.05, 0) is 55.6 Å². The van der Waals surface area contributed by atoms with E-state index in [0.29, 0.717) is 5.92 Å². The summed E-state index contributed by atoms with van der Waals surface area (Å²) >= 11 is 0. The molecule has 0 bridgehead atoms. The number of nitrogens with zero attached hydrogens (tertiary/aromatic N) is 3. The number of benzene rings is 1. The summed E-state index contributed by atoms with van der Waals surface area (Å²) in [7, 11) is 0. The summed E-state index contributed by atoms with van der Waals surface area (Å²) in [6.45, 7) is 4.31. The molecule has 3 aromatic rings. The lowest BCUT2D eigenvalue weighted by Gasteiger charge is -2.32. The minimum atomic E-state index is -0.180. The molecule has 0 aliphatic carbocycles. The highest BCUT2D eigenvalue weighted by molar-refractivity contribution is 5.83. The average molecular weight is 312 g/mol. The van der Waals surface area contributed by atoms with E-state index >= 15 is 0 Å². The molecule has 4 rings (SSSR count). The third kappa shape index (κ3) is 3.01. The molecule has 0 amide bonds. The molecule has 3 heterocycles. The molecule has 0 saturated carbocycles. The Balaban J connectivity index is 1.38. The van der Waals surface area contributed by atoms with Crippen LogP contribution in [0.1, 0.15) is 24.3 Å². The number of imidazole rings is 1. The van der Waals surface area contributed by atoms with Gasteiger partial charge in [0.1, 0.15) is 5.82 Å². The summed E-state index contributed by atoms with van der Waals surface area (Å²) in [5.41, 5.74) is 2.25. The molecule has 0 atom stereocenters. The molecule has 120 valence electrons. The fourth-order valence-electron chi connectivity index (χ4n) is 3.60. The number of rotatable bonds is 4. The quantitative estimate of drug-likeness (QED) is 0.802. The first-order valence-corrected chi connectivity index (χ1v) is 8.24. The first-order chi connectivity index (χ1) is 11.3. The Morgan fingerprint density at radius 2 is 2.09 bits per heavy atom. The van der Waals surface area contributed by atoms with Crippen molar-refractivity contribution in [2.24, 2.45) is 0 Å². The zero-order valence-corrected chi connectivity index (χ0v) is 13.1. The number of H-pyrrole nitrogens is 1. The van der Waals surface area contributed by atoms with Gasteiger partial charge in [0.25, 0.3) is 0 Å². The van der Waals surface area contributed by atoms with Crippen LogP contribution in [0.15, 0.2) is 43.1 Å². The molecule has 0 spiro atoms. The van der Waals surface area contributed by atoms with E-state index in [-0.39, 0.29) is 5.82 Å². The van der Waals surface area contributed by atoms with Gasteiger partial charge >= 0.3 is 0 Å². The third-order valence-corrected chi connectivity index (χ3v) is 4.94. The summed E-state index contributed by atoms with van der Waals surface area (Å²) in [4.78, 5) is 9.82. The molecule has 2 aromatic heterocycles. The van der Waals surface area contributed by atoms with E-state index in [1.54, 1.807) is 12.1 Å². The second kappa shape index (κ2) is 6.16. The smallest absolute Gasteiger partial charge is 0.125 e. The molecule has 0 unspecified atom stereocenters. The zero-order chi connectivity index (χ0) is 15.6. The molecule has 1 saturated heterocycles. The van der Waals surface area contributed by atoms with E-state index in [2.05, 4.69) is 25.6 Å². The fraction of sp³-hybridized carbons (Fsp3) is 0.389. The molecule has 0 radical (unpaired) electrons. The highest BCUT2D eigenvalue weighted by atomic mass is 19.1. The second-order valence-electron chi connectivity index (χ2n) is 6.35. The van der Waals surface area contributed by atoms with Crippen molar-refractivity contribution in [3.05, 3.63) is 54.5 Å². The first kappa shape index (κ1) is 14.5. The van der Waals surface area contributed by atoms with E-state index in [1.807, 2.05) is 24.8 Å². The minimum Gasteiger partial charge on any atom is -0.361 e. The van der Waals surface area contributed by atoms with Crippen LogP contribution >= 0.6 is 0 Å². The topological polar surface area (TPSA) is 36.9 Å². The van der Waals surface area contributed by atoms with Gasteiger partial charge < -0.3 is 14.5 Å².